The third-order valence-electron chi connectivity index (χ3n) is 6.94. The van der Waals surface area contributed by atoms with Gasteiger partial charge in [0.25, 0.3) is 6.02 Å². The van der Waals surface area contributed by atoms with Gasteiger partial charge in [0.2, 0.25) is 0 Å². The van der Waals surface area contributed by atoms with Gasteiger partial charge >= 0.3 is 0 Å². The van der Waals surface area contributed by atoms with Crippen LogP contribution in [0.15, 0.2) is 41.7 Å². The molecule has 2 heterocycles. The van der Waals surface area contributed by atoms with Crippen LogP contribution in [0.5, 0.6) is 0 Å². The summed E-state index contributed by atoms with van der Waals surface area (Å²) < 4.78 is 58.5. The third-order valence-corrected chi connectivity index (χ3v) is 6.94. The van der Waals surface area contributed by atoms with Gasteiger partial charge in [-0.3, -0.25) is 4.98 Å². The monoisotopic (exact) mass is 413 g/mol. The molecule has 0 saturated heterocycles. The normalized spacial score (nSPS) is 36.4. The van der Waals surface area contributed by atoms with Crippen molar-refractivity contribution in [3.05, 3.63) is 53.6 Å². The minimum atomic E-state index is -2.19. The van der Waals surface area contributed by atoms with Gasteiger partial charge in [0.1, 0.15) is 17.9 Å². The standard InChI is InChI=1S/C24H28FN3O2/c1-3-29-21-6-7-23(10-15(21)2)11-17-5-4-16(18-8-19(25)13-27-12-18)9-20(17)24(23)14-30-22(26)28-24/h4-5,8-9,12-13,15,21H,3,6-7,10-11,14H2,1-2H3,(H2,26,28)/t15-,21-,23-,24+/m1/s1/i3D2,14D2. The maximum Gasteiger partial charge on any atom is 0.283 e. The van der Waals surface area contributed by atoms with Crippen molar-refractivity contribution in [3.63, 3.8) is 0 Å². The van der Waals surface area contributed by atoms with Gasteiger partial charge in [0.15, 0.2) is 0 Å². The number of halogens is 1. The molecule has 1 aliphatic heterocycles. The second-order valence-corrected chi connectivity index (χ2v) is 8.67. The van der Waals surface area contributed by atoms with Crippen molar-refractivity contribution in [3.8, 4) is 11.1 Å². The molecular formula is C24H28FN3O2. The van der Waals surface area contributed by atoms with Crippen LogP contribution in [0.3, 0.4) is 0 Å². The first-order valence-electron chi connectivity index (χ1n) is 12.3. The fourth-order valence-corrected chi connectivity index (χ4v) is 5.64. The van der Waals surface area contributed by atoms with Crippen LogP contribution in [0, 0.1) is 17.2 Å². The Morgan fingerprint density at radius 2 is 2.23 bits per heavy atom. The van der Waals surface area contributed by atoms with Gasteiger partial charge in [-0.1, -0.05) is 19.1 Å². The number of hydrogen-bond acceptors (Lipinski definition) is 5. The van der Waals surface area contributed by atoms with Crippen molar-refractivity contribution in [2.24, 2.45) is 22.1 Å². The fourth-order valence-electron chi connectivity index (χ4n) is 5.64. The van der Waals surface area contributed by atoms with Crippen LogP contribution in [0.25, 0.3) is 11.1 Å². The average molecular weight is 414 g/mol. The third kappa shape index (κ3) is 2.84. The summed E-state index contributed by atoms with van der Waals surface area (Å²) >= 11 is 0. The van der Waals surface area contributed by atoms with Crippen molar-refractivity contribution in [2.75, 3.05) is 13.1 Å². The maximum absolute atomic E-state index is 13.9. The summed E-state index contributed by atoms with van der Waals surface area (Å²) in [6, 6.07) is 6.91. The Labute approximate surface area is 182 Å². The van der Waals surface area contributed by atoms with E-state index in [2.05, 4.69) is 9.98 Å². The Morgan fingerprint density at radius 3 is 2.93 bits per heavy atom. The van der Waals surface area contributed by atoms with Crippen LogP contribution in [0.2, 0.25) is 0 Å². The van der Waals surface area contributed by atoms with Gasteiger partial charge in [0, 0.05) is 23.7 Å². The number of fused-ring (bicyclic) bond motifs is 3. The van der Waals surface area contributed by atoms with Gasteiger partial charge in [-0.05, 0) is 67.3 Å². The Kier molecular flexibility index (Phi) is 3.61. The molecule has 2 N–H and O–H groups in total. The topological polar surface area (TPSA) is 69.7 Å². The molecule has 1 aromatic carbocycles. The van der Waals surface area contributed by atoms with Crippen LogP contribution >= 0.6 is 0 Å². The predicted octanol–water partition coefficient (Wildman–Crippen LogP) is 4.20. The predicted molar refractivity (Wildman–Crippen MR) is 113 cm³/mol. The van der Waals surface area contributed by atoms with E-state index in [1.165, 1.54) is 13.0 Å². The molecule has 0 bridgehead atoms. The Morgan fingerprint density at radius 1 is 1.37 bits per heavy atom. The first-order chi connectivity index (χ1) is 15.9. The molecule has 6 heteroatoms. The van der Waals surface area contributed by atoms with E-state index in [1.807, 2.05) is 25.1 Å². The highest BCUT2D eigenvalue weighted by Crippen LogP contribution is 2.62. The Hall–Kier alpha value is -2.47. The minimum Gasteiger partial charge on any atom is -0.462 e. The quantitative estimate of drug-likeness (QED) is 0.819. The van der Waals surface area contributed by atoms with E-state index in [1.54, 1.807) is 6.20 Å². The summed E-state index contributed by atoms with van der Waals surface area (Å²) in [5.74, 6) is -0.483. The Balaban J connectivity index is 1.62. The van der Waals surface area contributed by atoms with Crippen molar-refractivity contribution in [1.29, 1.82) is 0 Å². The second kappa shape index (κ2) is 7.05. The number of amidine groups is 1. The van der Waals surface area contributed by atoms with Crippen LogP contribution in [0.1, 0.15) is 49.7 Å². The zero-order valence-electron chi connectivity index (χ0n) is 21.1. The first-order valence-corrected chi connectivity index (χ1v) is 10.3. The zero-order valence-corrected chi connectivity index (χ0v) is 17.1. The number of aliphatic imine (C=N–C) groups is 1. The minimum absolute atomic E-state index is 0.0327. The molecule has 158 valence electrons. The van der Waals surface area contributed by atoms with Crippen molar-refractivity contribution in [1.82, 2.24) is 4.98 Å². The molecule has 3 aliphatic rings. The van der Waals surface area contributed by atoms with Crippen LogP contribution < -0.4 is 5.73 Å². The van der Waals surface area contributed by atoms with Gasteiger partial charge in [-0.15, -0.1) is 0 Å². The molecule has 30 heavy (non-hydrogen) atoms. The van der Waals surface area contributed by atoms with E-state index in [0.29, 0.717) is 42.4 Å². The largest absolute Gasteiger partial charge is 0.462 e. The summed E-state index contributed by atoms with van der Waals surface area (Å²) in [7, 11) is 0. The lowest BCUT2D eigenvalue weighted by Crippen LogP contribution is -2.48. The highest BCUT2D eigenvalue weighted by Gasteiger charge is 2.62. The number of hydrogen-bond donors (Lipinski definition) is 1. The highest BCUT2D eigenvalue weighted by molar-refractivity contribution is 5.76. The molecule has 0 radical (unpaired) electrons. The van der Waals surface area contributed by atoms with Gasteiger partial charge in [0.05, 0.1) is 17.8 Å². The Bertz CT molecular complexity index is 1170. The van der Waals surface area contributed by atoms with E-state index < -0.39 is 29.9 Å². The lowest BCUT2D eigenvalue weighted by molar-refractivity contribution is -0.0588. The van der Waals surface area contributed by atoms with E-state index >= 15 is 0 Å². The molecule has 4 atom stereocenters. The number of nitrogens with zero attached hydrogens (tertiary/aromatic N) is 2. The number of pyridine rings is 1. The molecule has 1 fully saturated rings. The number of nitrogens with two attached hydrogens (primary N) is 1. The molecular weight excluding hydrogens is 381 g/mol. The molecule has 5 rings (SSSR count). The molecule has 0 unspecified atom stereocenters. The summed E-state index contributed by atoms with van der Waals surface area (Å²) in [5.41, 5.74) is 6.93. The van der Waals surface area contributed by atoms with E-state index in [-0.39, 0.29) is 18.0 Å². The molecule has 2 aliphatic carbocycles. The van der Waals surface area contributed by atoms with E-state index in [9.17, 15) is 4.39 Å². The van der Waals surface area contributed by atoms with E-state index in [4.69, 9.17) is 20.7 Å². The average Bonchev–Trinajstić information content (AvgIpc) is 3.13. The van der Waals surface area contributed by atoms with Gasteiger partial charge < -0.3 is 15.2 Å². The van der Waals surface area contributed by atoms with Crippen LogP contribution in [-0.4, -0.2) is 30.2 Å². The van der Waals surface area contributed by atoms with Crippen molar-refractivity contribution >= 4 is 6.02 Å². The van der Waals surface area contributed by atoms with Crippen molar-refractivity contribution < 1.29 is 19.3 Å². The summed E-state index contributed by atoms with van der Waals surface area (Å²) in [6.07, 6.45) is 4.72. The lowest BCUT2D eigenvalue weighted by Gasteiger charge is -2.48. The lowest BCUT2D eigenvalue weighted by atomic mass is 9.59. The first kappa shape index (κ1) is 15.3. The summed E-state index contributed by atoms with van der Waals surface area (Å²) in [6.45, 7) is -0.528. The number of aromatic nitrogens is 1. The zero-order chi connectivity index (χ0) is 24.5. The van der Waals surface area contributed by atoms with Gasteiger partial charge in [-0.25, -0.2) is 9.38 Å². The molecule has 1 saturated carbocycles. The number of benzene rings is 1. The molecule has 5 nitrogen and oxygen atoms in total. The van der Waals surface area contributed by atoms with Crippen molar-refractivity contribution in [2.45, 2.75) is 51.2 Å². The summed E-state index contributed by atoms with van der Waals surface area (Å²) in [5, 5.41) is 0. The van der Waals surface area contributed by atoms with Crippen LogP contribution in [0.4, 0.5) is 4.39 Å². The molecule has 1 aromatic heterocycles. The summed E-state index contributed by atoms with van der Waals surface area (Å²) in [4.78, 5) is 8.62. The maximum atomic E-state index is 13.9. The van der Waals surface area contributed by atoms with Gasteiger partial charge in [-0.2, -0.15) is 0 Å². The smallest absolute Gasteiger partial charge is 0.283 e. The number of rotatable bonds is 3. The molecule has 0 amide bonds. The second-order valence-electron chi connectivity index (χ2n) is 8.67. The molecule has 2 aromatic rings. The molecule has 2 spiro atoms. The SMILES string of the molecule is [2H]C([2H])(C)O[C@@H]1CC[C@]2(Cc3ccc(-c4cncc(F)c4)cc3[C@]23N=C(N)OC3([2H])[2H])C[C@H]1C. The number of ether oxygens (including phenoxy) is 2. The highest BCUT2D eigenvalue weighted by atomic mass is 19.1. The van der Waals surface area contributed by atoms with Crippen LogP contribution in [-0.2, 0) is 21.4 Å². The fraction of sp³-hybridized carbons (Fsp3) is 0.500. The van der Waals surface area contributed by atoms with E-state index in [0.717, 1.165) is 11.8 Å².